The van der Waals surface area contributed by atoms with E-state index in [2.05, 4.69) is 5.32 Å². The molecule has 1 aromatic rings. The summed E-state index contributed by atoms with van der Waals surface area (Å²) >= 11 is 0. The molecular formula is C12H17N3O2. The van der Waals surface area contributed by atoms with Crippen LogP contribution in [0.15, 0.2) is 30.3 Å². The van der Waals surface area contributed by atoms with E-state index in [0.717, 1.165) is 5.56 Å². The zero-order valence-electron chi connectivity index (χ0n) is 9.72. The van der Waals surface area contributed by atoms with Crippen molar-refractivity contribution < 1.29 is 9.59 Å². The predicted octanol–water partition coefficient (Wildman–Crippen LogP) is 0.0665. The lowest BCUT2D eigenvalue weighted by Gasteiger charge is -2.14. The molecule has 0 saturated carbocycles. The Morgan fingerprint density at radius 1 is 1.29 bits per heavy atom. The van der Waals surface area contributed by atoms with Gasteiger partial charge in [-0.25, -0.2) is 0 Å². The average molecular weight is 235 g/mol. The highest BCUT2D eigenvalue weighted by atomic mass is 16.2. The fraction of sp³-hybridized carbons (Fsp3) is 0.333. The summed E-state index contributed by atoms with van der Waals surface area (Å²) in [6.45, 7) is 1.54. The first-order valence-electron chi connectivity index (χ1n) is 5.40. The van der Waals surface area contributed by atoms with E-state index in [1.165, 1.54) is 6.92 Å². The van der Waals surface area contributed by atoms with Crippen LogP contribution in [0.25, 0.3) is 0 Å². The van der Waals surface area contributed by atoms with Crippen LogP contribution >= 0.6 is 0 Å². The van der Waals surface area contributed by atoms with Gasteiger partial charge < -0.3 is 16.8 Å². The molecule has 1 aromatic carbocycles. The minimum Gasteiger partial charge on any atom is -0.368 e. The second-order valence-electron chi connectivity index (χ2n) is 3.91. The van der Waals surface area contributed by atoms with Gasteiger partial charge in [0.15, 0.2) is 0 Å². The first kappa shape index (κ1) is 13.2. The highest BCUT2D eigenvalue weighted by Gasteiger charge is 2.15. The van der Waals surface area contributed by atoms with Crippen molar-refractivity contribution in [3.63, 3.8) is 0 Å². The Kier molecular flexibility index (Phi) is 4.66. The minimum atomic E-state index is -0.675. The molecule has 5 nitrogen and oxygen atoms in total. The number of amides is 2. The van der Waals surface area contributed by atoms with Crippen molar-refractivity contribution in [2.24, 2.45) is 11.5 Å². The summed E-state index contributed by atoms with van der Waals surface area (Å²) in [6, 6.07) is 8.26. The van der Waals surface area contributed by atoms with Gasteiger partial charge in [0.1, 0.15) is 6.04 Å². The number of nitrogens with one attached hydrogen (secondary N) is 1. The summed E-state index contributed by atoms with van der Waals surface area (Å²) in [6.07, 6.45) is 0.127. The van der Waals surface area contributed by atoms with Crippen molar-refractivity contribution >= 4 is 11.8 Å². The van der Waals surface area contributed by atoms with Crippen LogP contribution in [0.4, 0.5) is 0 Å². The van der Waals surface area contributed by atoms with Gasteiger partial charge in [0.25, 0.3) is 0 Å². The highest BCUT2D eigenvalue weighted by Crippen LogP contribution is 2.12. The van der Waals surface area contributed by atoms with Crippen LogP contribution in [-0.4, -0.2) is 17.9 Å². The Morgan fingerprint density at radius 2 is 1.88 bits per heavy atom. The zero-order chi connectivity index (χ0) is 12.8. The maximum atomic E-state index is 11.5. The SMILES string of the molecule is CC(NC(=O)CC(N)c1ccccc1)C(N)=O. The number of rotatable bonds is 5. The van der Waals surface area contributed by atoms with E-state index in [1.54, 1.807) is 0 Å². The molecule has 2 atom stereocenters. The summed E-state index contributed by atoms with van der Waals surface area (Å²) < 4.78 is 0. The van der Waals surface area contributed by atoms with Gasteiger partial charge in [0.2, 0.25) is 11.8 Å². The van der Waals surface area contributed by atoms with E-state index >= 15 is 0 Å². The van der Waals surface area contributed by atoms with E-state index in [0.29, 0.717) is 0 Å². The molecule has 0 aromatic heterocycles. The third-order valence-electron chi connectivity index (χ3n) is 2.44. The Labute approximate surface area is 100 Å². The number of hydrogen-bond acceptors (Lipinski definition) is 3. The number of hydrogen-bond donors (Lipinski definition) is 3. The summed E-state index contributed by atoms with van der Waals surface area (Å²) in [5.41, 5.74) is 11.8. The molecule has 0 radical (unpaired) electrons. The summed E-state index contributed by atoms with van der Waals surface area (Å²) in [5.74, 6) is -0.848. The van der Waals surface area contributed by atoms with Gasteiger partial charge in [-0.05, 0) is 12.5 Å². The second kappa shape index (κ2) is 6.00. The summed E-state index contributed by atoms with van der Waals surface area (Å²) in [4.78, 5) is 22.3. The van der Waals surface area contributed by atoms with Crippen molar-refractivity contribution in [3.8, 4) is 0 Å². The predicted molar refractivity (Wildman–Crippen MR) is 64.8 cm³/mol. The summed E-state index contributed by atoms with van der Waals surface area (Å²) in [7, 11) is 0. The number of carbonyl (C=O) groups is 2. The molecule has 1 rings (SSSR count). The van der Waals surface area contributed by atoms with Crippen molar-refractivity contribution in [3.05, 3.63) is 35.9 Å². The molecule has 5 heteroatoms. The van der Waals surface area contributed by atoms with Gasteiger partial charge in [-0.3, -0.25) is 9.59 Å². The molecule has 0 heterocycles. The smallest absolute Gasteiger partial charge is 0.239 e. The van der Waals surface area contributed by atoms with E-state index in [1.807, 2.05) is 30.3 Å². The van der Waals surface area contributed by atoms with Gasteiger partial charge in [-0.2, -0.15) is 0 Å². The largest absolute Gasteiger partial charge is 0.368 e. The molecule has 5 N–H and O–H groups in total. The number of primary amides is 1. The Hall–Kier alpha value is -1.88. The first-order chi connectivity index (χ1) is 8.00. The van der Waals surface area contributed by atoms with Crippen LogP contribution < -0.4 is 16.8 Å². The lowest BCUT2D eigenvalue weighted by Crippen LogP contribution is -2.42. The van der Waals surface area contributed by atoms with Crippen molar-refractivity contribution in [1.29, 1.82) is 0 Å². The maximum absolute atomic E-state index is 11.5. The van der Waals surface area contributed by atoms with Crippen molar-refractivity contribution in [2.75, 3.05) is 0 Å². The van der Waals surface area contributed by atoms with Crippen LogP contribution in [-0.2, 0) is 9.59 Å². The second-order valence-corrected chi connectivity index (χ2v) is 3.91. The van der Waals surface area contributed by atoms with Crippen LogP contribution in [0.5, 0.6) is 0 Å². The number of carbonyl (C=O) groups excluding carboxylic acids is 2. The molecule has 0 aliphatic carbocycles. The molecular weight excluding hydrogens is 218 g/mol. The zero-order valence-corrected chi connectivity index (χ0v) is 9.72. The molecule has 2 amide bonds. The van der Waals surface area contributed by atoms with Gasteiger partial charge in [0, 0.05) is 12.5 Å². The molecule has 17 heavy (non-hydrogen) atoms. The van der Waals surface area contributed by atoms with Crippen LogP contribution in [0.2, 0.25) is 0 Å². The molecule has 0 fully saturated rings. The molecule has 0 spiro atoms. The molecule has 0 aliphatic heterocycles. The summed E-state index contributed by atoms with van der Waals surface area (Å²) in [5, 5.41) is 2.49. The molecule has 0 saturated heterocycles. The van der Waals surface area contributed by atoms with Crippen LogP contribution in [0, 0.1) is 0 Å². The monoisotopic (exact) mass is 235 g/mol. The first-order valence-corrected chi connectivity index (χ1v) is 5.40. The topological polar surface area (TPSA) is 98.2 Å². The van der Waals surface area contributed by atoms with Gasteiger partial charge >= 0.3 is 0 Å². The molecule has 2 unspecified atom stereocenters. The third kappa shape index (κ3) is 4.24. The van der Waals surface area contributed by atoms with Crippen LogP contribution in [0.1, 0.15) is 24.9 Å². The fourth-order valence-electron chi connectivity index (χ4n) is 1.39. The average Bonchev–Trinajstić information content (AvgIpc) is 2.29. The Morgan fingerprint density at radius 3 is 2.41 bits per heavy atom. The van der Waals surface area contributed by atoms with Gasteiger partial charge in [0.05, 0.1) is 0 Å². The van der Waals surface area contributed by atoms with E-state index in [9.17, 15) is 9.59 Å². The van der Waals surface area contributed by atoms with E-state index < -0.39 is 11.9 Å². The minimum absolute atomic E-state index is 0.127. The Bertz CT molecular complexity index is 392. The van der Waals surface area contributed by atoms with Gasteiger partial charge in [-0.15, -0.1) is 0 Å². The van der Waals surface area contributed by atoms with E-state index in [4.69, 9.17) is 11.5 Å². The van der Waals surface area contributed by atoms with Gasteiger partial charge in [-0.1, -0.05) is 30.3 Å². The fourth-order valence-corrected chi connectivity index (χ4v) is 1.39. The lowest BCUT2D eigenvalue weighted by atomic mass is 10.0. The molecule has 0 aliphatic rings. The van der Waals surface area contributed by atoms with E-state index in [-0.39, 0.29) is 18.4 Å². The molecule has 0 bridgehead atoms. The lowest BCUT2D eigenvalue weighted by molar-refractivity contribution is -0.127. The third-order valence-corrected chi connectivity index (χ3v) is 2.44. The molecule has 92 valence electrons. The quantitative estimate of drug-likeness (QED) is 0.673. The highest BCUT2D eigenvalue weighted by molar-refractivity contribution is 5.86. The normalized spacial score (nSPS) is 13.8. The number of benzene rings is 1. The Balaban J connectivity index is 2.49. The standard InChI is InChI=1S/C12H17N3O2/c1-8(12(14)17)15-11(16)7-10(13)9-5-3-2-4-6-9/h2-6,8,10H,7,13H2,1H3,(H2,14,17)(H,15,16). The van der Waals surface area contributed by atoms with Crippen molar-refractivity contribution in [2.45, 2.75) is 25.4 Å². The maximum Gasteiger partial charge on any atom is 0.239 e. The number of nitrogens with two attached hydrogens (primary N) is 2. The van der Waals surface area contributed by atoms with Crippen molar-refractivity contribution in [1.82, 2.24) is 5.32 Å². The van der Waals surface area contributed by atoms with Crippen LogP contribution in [0.3, 0.4) is 0 Å².